The number of nitrogens with zero attached hydrogens (tertiary/aromatic N) is 1. The van der Waals surface area contributed by atoms with Crippen molar-refractivity contribution >= 4 is 23.5 Å². The topological polar surface area (TPSA) is 116 Å². The third-order valence-corrected chi connectivity index (χ3v) is 5.14. The summed E-state index contributed by atoms with van der Waals surface area (Å²) in [5, 5.41) is 21.1. The van der Waals surface area contributed by atoms with E-state index in [2.05, 4.69) is 10.1 Å². The maximum absolute atomic E-state index is 13.1. The lowest BCUT2D eigenvalue weighted by atomic mass is 9.81. The molecule has 2 rings (SSSR count). The lowest BCUT2D eigenvalue weighted by Crippen LogP contribution is -2.44. The summed E-state index contributed by atoms with van der Waals surface area (Å²) >= 11 is 0. The van der Waals surface area contributed by atoms with Gasteiger partial charge in [0.25, 0.3) is 0 Å². The van der Waals surface area contributed by atoms with Crippen LogP contribution in [0.3, 0.4) is 0 Å². The molecule has 1 aliphatic carbocycles. The van der Waals surface area contributed by atoms with E-state index in [1.54, 1.807) is 29.2 Å². The summed E-state index contributed by atoms with van der Waals surface area (Å²) in [6, 6.07) is 6.37. The smallest absolute Gasteiger partial charge is 0.337 e. The molecule has 0 heterocycles. The molecule has 0 aromatic heterocycles. The number of benzene rings is 1. The number of anilines is 1. The Hall–Kier alpha value is -2.71. The molecule has 3 N–H and O–H groups in total. The molecular formula is C22H30N2O6. The lowest BCUT2D eigenvalue weighted by molar-refractivity contribution is -0.141. The number of esters is 1. The zero-order chi connectivity index (χ0) is 21.9. The average molecular weight is 418 g/mol. The SMILES string of the molecule is COC(=O)c1ccc(NC(=O)C2CC=CCC2C(=O)N(CCCO)CCCO)cc1. The molecule has 1 aliphatic rings. The molecule has 0 aliphatic heterocycles. The highest BCUT2D eigenvalue weighted by molar-refractivity contribution is 5.97. The van der Waals surface area contributed by atoms with Crippen molar-refractivity contribution in [1.82, 2.24) is 4.90 Å². The molecule has 1 aromatic carbocycles. The van der Waals surface area contributed by atoms with E-state index in [4.69, 9.17) is 10.2 Å². The van der Waals surface area contributed by atoms with Crippen molar-refractivity contribution in [2.45, 2.75) is 25.7 Å². The Balaban J connectivity index is 2.09. The van der Waals surface area contributed by atoms with E-state index >= 15 is 0 Å². The quantitative estimate of drug-likeness (QED) is 0.392. The number of nitrogens with one attached hydrogen (secondary N) is 1. The standard InChI is InChI=1S/C22H30N2O6/c1-30-22(29)16-8-10-17(11-9-16)23-20(27)18-6-2-3-7-19(18)21(28)24(12-4-14-25)13-5-15-26/h2-3,8-11,18-19,25-26H,4-7,12-15H2,1H3,(H,23,27). The Labute approximate surface area is 176 Å². The Morgan fingerprint density at radius 2 is 1.57 bits per heavy atom. The normalized spacial score (nSPS) is 18.0. The van der Waals surface area contributed by atoms with E-state index in [1.165, 1.54) is 7.11 Å². The Morgan fingerprint density at radius 1 is 1.00 bits per heavy atom. The number of rotatable bonds is 10. The third-order valence-electron chi connectivity index (χ3n) is 5.14. The van der Waals surface area contributed by atoms with Gasteiger partial charge in [-0.25, -0.2) is 4.79 Å². The minimum Gasteiger partial charge on any atom is -0.465 e. The lowest BCUT2D eigenvalue weighted by Gasteiger charge is -2.32. The van der Waals surface area contributed by atoms with Crippen molar-refractivity contribution in [3.63, 3.8) is 0 Å². The van der Waals surface area contributed by atoms with E-state index in [9.17, 15) is 14.4 Å². The number of hydrogen-bond donors (Lipinski definition) is 3. The molecule has 1 aromatic rings. The highest BCUT2D eigenvalue weighted by atomic mass is 16.5. The van der Waals surface area contributed by atoms with Crippen molar-refractivity contribution in [1.29, 1.82) is 0 Å². The summed E-state index contributed by atoms with van der Waals surface area (Å²) in [5.74, 6) is -1.87. The van der Waals surface area contributed by atoms with Crippen LogP contribution in [0, 0.1) is 11.8 Å². The van der Waals surface area contributed by atoms with Gasteiger partial charge in [0, 0.05) is 32.0 Å². The summed E-state index contributed by atoms with van der Waals surface area (Å²) in [7, 11) is 1.30. The second-order valence-corrected chi connectivity index (χ2v) is 7.19. The third kappa shape index (κ3) is 6.40. The van der Waals surface area contributed by atoms with Gasteiger partial charge in [-0.05, 0) is 49.9 Å². The van der Waals surface area contributed by atoms with Crippen LogP contribution >= 0.6 is 0 Å². The van der Waals surface area contributed by atoms with Crippen LogP contribution in [0.2, 0.25) is 0 Å². The van der Waals surface area contributed by atoms with Gasteiger partial charge >= 0.3 is 5.97 Å². The summed E-state index contributed by atoms with van der Waals surface area (Å²) in [6.07, 6.45) is 5.63. The molecule has 30 heavy (non-hydrogen) atoms. The largest absolute Gasteiger partial charge is 0.465 e. The van der Waals surface area contributed by atoms with Crippen LogP contribution in [-0.4, -0.2) is 66.3 Å². The molecule has 0 spiro atoms. The molecule has 2 unspecified atom stereocenters. The number of aliphatic hydroxyl groups is 2. The van der Waals surface area contributed by atoms with Gasteiger partial charge in [-0.3, -0.25) is 9.59 Å². The van der Waals surface area contributed by atoms with E-state index in [0.717, 1.165) is 0 Å². The van der Waals surface area contributed by atoms with Crippen LogP contribution in [0.25, 0.3) is 0 Å². The van der Waals surface area contributed by atoms with Gasteiger partial charge in [0.15, 0.2) is 0 Å². The first-order chi connectivity index (χ1) is 14.5. The van der Waals surface area contributed by atoms with E-state index < -0.39 is 17.8 Å². The van der Waals surface area contributed by atoms with Crippen LogP contribution in [0.1, 0.15) is 36.0 Å². The van der Waals surface area contributed by atoms with Crippen LogP contribution in [-0.2, 0) is 14.3 Å². The Bertz CT molecular complexity index is 738. The van der Waals surface area contributed by atoms with Crippen molar-refractivity contribution in [3.05, 3.63) is 42.0 Å². The van der Waals surface area contributed by atoms with E-state index in [1.807, 2.05) is 12.2 Å². The first-order valence-corrected chi connectivity index (χ1v) is 10.2. The molecule has 2 atom stereocenters. The predicted octanol–water partition coefficient (Wildman–Crippen LogP) is 1.59. The van der Waals surface area contributed by atoms with Crippen molar-refractivity contribution in [3.8, 4) is 0 Å². The molecule has 8 nitrogen and oxygen atoms in total. The van der Waals surface area contributed by atoms with Crippen LogP contribution in [0.15, 0.2) is 36.4 Å². The number of ether oxygens (including phenoxy) is 1. The molecule has 0 saturated carbocycles. The highest BCUT2D eigenvalue weighted by Crippen LogP contribution is 2.29. The Morgan fingerprint density at radius 3 is 2.10 bits per heavy atom. The van der Waals surface area contributed by atoms with Crippen LogP contribution in [0.4, 0.5) is 5.69 Å². The maximum atomic E-state index is 13.1. The molecule has 164 valence electrons. The number of aliphatic hydroxyl groups excluding tert-OH is 2. The number of allylic oxidation sites excluding steroid dienone is 2. The molecular weight excluding hydrogens is 388 g/mol. The van der Waals surface area contributed by atoms with Gasteiger partial charge in [-0.2, -0.15) is 0 Å². The minimum absolute atomic E-state index is 0.0288. The summed E-state index contributed by atoms with van der Waals surface area (Å²) < 4.78 is 4.66. The molecule has 2 amide bonds. The molecule has 8 heteroatoms. The van der Waals surface area contributed by atoms with Gasteiger partial charge in [0.2, 0.25) is 11.8 Å². The van der Waals surface area contributed by atoms with Crippen molar-refractivity contribution in [2.24, 2.45) is 11.8 Å². The van der Waals surface area contributed by atoms with Crippen LogP contribution in [0.5, 0.6) is 0 Å². The van der Waals surface area contributed by atoms with Crippen LogP contribution < -0.4 is 5.32 Å². The molecule has 0 radical (unpaired) electrons. The van der Waals surface area contributed by atoms with Gasteiger partial charge < -0.3 is 25.2 Å². The summed E-state index contributed by atoms with van der Waals surface area (Å²) in [6.45, 7) is 0.718. The monoisotopic (exact) mass is 418 g/mol. The predicted molar refractivity (Wildman–Crippen MR) is 112 cm³/mol. The van der Waals surface area contributed by atoms with E-state index in [0.29, 0.717) is 50.0 Å². The van der Waals surface area contributed by atoms with Crippen molar-refractivity contribution in [2.75, 3.05) is 38.7 Å². The zero-order valence-corrected chi connectivity index (χ0v) is 17.3. The molecule has 0 bridgehead atoms. The number of carbonyl (C=O) groups excluding carboxylic acids is 3. The molecule has 0 fully saturated rings. The number of methoxy groups -OCH3 is 1. The fourth-order valence-electron chi connectivity index (χ4n) is 3.51. The maximum Gasteiger partial charge on any atom is 0.337 e. The zero-order valence-electron chi connectivity index (χ0n) is 17.3. The van der Waals surface area contributed by atoms with Gasteiger partial charge in [0.1, 0.15) is 0 Å². The average Bonchev–Trinajstić information content (AvgIpc) is 2.78. The Kier molecular flexibility index (Phi) is 9.50. The van der Waals surface area contributed by atoms with Gasteiger partial charge in [0.05, 0.1) is 24.5 Å². The minimum atomic E-state index is -0.520. The van der Waals surface area contributed by atoms with Gasteiger partial charge in [-0.1, -0.05) is 12.2 Å². The number of hydrogen-bond acceptors (Lipinski definition) is 6. The second kappa shape index (κ2) is 12.1. The van der Waals surface area contributed by atoms with E-state index in [-0.39, 0.29) is 25.0 Å². The summed E-state index contributed by atoms with van der Waals surface area (Å²) in [4.78, 5) is 39.2. The molecule has 0 saturated heterocycles. The summed E-state index contributed by atoms with van der Waals surface area (Å²) in [5.41, 5.74) is 0.915. The first-order valence-electron chi connectivity index (χ1n) is 10.2. The second-order valence-electron chi connectivity index (χ2n) is 7.19. The van der Waals surface area contributed by atoms with Gasteiger partial charge in [-0.15, -0.1) is 0 Å². The number of carbonyl (C=O) groups is 3. The fourth-order valence-corrected chi connectivity index (χ4v) is 3.51. The van der Waals surface area contributed by atoms with Crippen molar-refractivity contribution < 1.29 is 29.3 Å². The number of amides is 2. The first kappa shape index (κ1) is 23.6. The highest BCUT2D eigenvalue weighted by Gasteiger charge is 2.36. The fraction of sp³-hybridized carbons (Fsp3) is 0.500.